The Bertz CT molecular complexity index is 668. The average molecular weight is 348 g/mol. The molecule has 114 valence electrons. The lowest BCUT2D eigenvalue weighted by Gasteiger charge is -2.18. The van der Waals surface area contributed by atoms with Gasteiger partial charge in [-0.1, -0.05) is 23.2 Å². The van der Waals surface area contributed by atoms with Gasteiger partial charge in [0.15, 0.2) is 0 Å². The Hall–Kier alpha value is -0.480. The number of aromatic nitrogens is 2. The number of alkyl halides is 1. The molecule has 6 heteroatoms. The van der Waals surface area contributed by atoms with Crippen molar-refractivity contribution in [1.82, 2.24) is 9.55 Å². The van der Waals surface area contributed by atoms with Crippen molar-refractivity contribution in [3.8, 4) is 0 Å². The van der Waals surface area contributed by atoms with Gasteiger partial charge < -0.3 is 9.30 Å². The Labute approximate surface area is 139 Å². The molecule has 1 aliphatic rings. The van der Waals surface area contributed by atoms with Gasteiger partial charge in [-0.3, -0.25) is 0 Å². The van der Waals surface area contributed by atoms with Crippen molar-refractivity contribution in [1.29, 1.82) is 0 Å². The Kier molecular flexibility index (Phi) is 4.37. The van der Waals surface area contributed by atoms with Gasteiger partial charge in [-0.2, -0.15) is 0 Å². The SMILES string of the molecule is CC(Cl)c1nc2cc(Cl)c(Cl)cc2n1CC1CCOC1C. The van der Waals surface area contributed by atoms with Crippen molar-refractivity contribution >= 4 is 45.8 Å². The highest BCUT2D eigenvalue weighted by molar-refractivity contribution is 6.42. The number of imidazole rings is 1. The third-order valence-corrected chi connectivity index (χ3v) is 5.04. The molecule has 1 aromatic heterocycles. The summed E-state index contributed by atoms with van der Waals surface area (Å²) in [6.07, 6.45) is 1.31. The van der Waals surface area contributed by atoms with E-state index < -0.39 is 0 Å². The molecule has 1 saturated heterocycles. The first-order chi connectivity index (χ1) is 9.97. The summed E-state index contributed by atoms with van der Waals surface area (Å²) in [7, 11) is 0. The van der Waals surface area contributed by atoms with E-state index in [1.165, 1.54) is 0 Å². The predicted molar refractivity (Wildman–Crippen MR) is 87.5 cm³/mol. The van der Waals surface area contributed by atoms with E-state index in [4.69, 9.17) is 39.5 Å². The van der Waals surface area contributed by atoms with Gasteiger partial charge in [0.1, 0.15) is 5.82 Å². The maximum absolute atomic E-state index is 6.30. The van der Waals surface area contributed by atoms with Crippen LogP contribution in [-0.2, 0) is 11.3 Å². The first kappa shape index (κ1) is 15.4. The molecular weight excluding hydrogens is 331 g/mol. The van der Waals surface area contributed by atoms with E-state index in [1.807, 2.05) is 13.0 Å². The highest BCUT2D eigenvalue weighted by Gasteiger charge is 2.27. The Morgan fingerprint density at radius 1 is 1.38 bits per heavy atom. The monoisotopic (exact) mass is 346 g/mol. The summed E-state index contributed by atoms with van der Waals surface area (Å²) in [6.45, 7) is 5.69. The summed E-state index contributed by atoms with van der Waals surface area (Å²) in [5.74, 6) is 1.31. The molecular formula is C15H17Cl3N2O. The summed E-state index contributed by atoms with van der Waals surface area (Å²) < 4.78 is 7.81. The van der Waals surface area contributed by atoms with Crippen LogP contribution in [0.3, 0.4) is 0 Å². The molecule has 1 aromatic carbocycles. The third kappa shape index (κ3) is 2.89. The molecule has 1 aliphatic heterocycles. The van der Waals surface area contributed by atoms with Gasteiger partial charge in [0.25, 0.3) is 0 Å². The smallest absolute Gasteiger partial charge is 0.127 e. The lowest BCUT2D eigenvalue weighted by molar-refractivity contribution is 0.102. The van der Waals surface area contributed by atoms with Crippen LogP contribution in [-0.4, -0.2) is 22.3 Å². The van der Waals surface area contributed by atoms with Crippen molar-refractivity contribution in [2.45, 2.75) is 38.3 Å². The normalized spacial score (nSPS) is 23.9. The van der Waals surface area contributed by atoms with Gasteiger partial charge >= 0.3 is 0 Å². The molecule has 3 atom stereocenters. The lowest BCUT2D eigenvalue weighted by Crippen LogP contribution is -2.19. The molecule has 2 aromatic rings. The van der Waals surface area contributed by atoms with E-state index in [0.717, 1.165) is 36.4 Å². The minimum absolute atomic E-state index is 0.174. The molecule has 1 fully saturated rings. The summed E-state index contributed by atoms with van der Waals surface area (Å²) in [5.41, 5.74) is 1.81. The molecule has 2 heterocycles. The fraction of sp³-hybridized carbons (Fsp3) is 0.533. The van der Waals surface area contributed by atoms with Crippen molar-refractivity contribution in [3.05, 3.63) is 28.0 Å². The number of nitrogens with zero attached hydrogens (tertiary/aromatic N) is 2. The molecule has 21 heavy (non-hydrogen) atoms. The van der Waals surface area contributed by atoms with Crippen LogP contribution in [0.1, 0.15) is 31.5 Å². The lowest BCUT2D eigenvalue weighted by atomic mass is 10.0. The number of hydrogen-bond acceptors (Lipinski definition) is 2. The number of benzene rings is 1. The van der Waals surface area contributed by atoms with Gasteiger partial charge in [-0.25, -0.2) is 4.98 Å². The van der Waals surface area contributed by atoms with Crippen molar-refractivity contribution in [2.75, 3.05) is 6.61 Å². The summed E-state index contributed by atoms with van der Waals surface area (Å²) in [6, 6.07) is 3.67. The molecule has 0 bridgehead atoms. The topological polar surface area (TPSA) is 27.1 Å². The Morgan fingerprint density at radius 2 is 2.10 bits per heavy atom. The molecule has 0 aliphatic carbocycles. The second-order valence-corrected chi connectivity index (χ2v) is 7.05. The Balaban J connectivity index is 2.09. The average Bonchev–Trinajstić information content (AvgIpc) is 2.97. The van der Waals surface area contributed by atoms with Gasteiger partial charge in [0.05, 0.1) is 32.6 Å². The van der Waals surface area contributed by atoms with E-state index in [1.54, 1.807) is 6.07 Å². The van der Waals surface area contributed by atoms with Crippen LogP contribution in [0.15, 0.2) is 12.1 Å². The number of halogens is 3. The fourth-order valence-electron chi connectivity index (χ4n) is 2.88. The molecule has 3 nitrogen and oxygen atoms in total. The predicted octanol–water partition coefficient (Wildman–Crippen LogP) is 5.07. The van der Waals surface area contributed by atoms with E-state index >= 15 is 0 Å². The number of fused-ring (bicyclic) bond motifs is 1. The number of hydrogen-bond donors (Lipinski definition) is 0. The maximum atomic E-state index is 6.30. The molecule has 3 unspecified atom stereocenters. The molecule has 0 amide bonds. The number of ether oxygens (including phenoxy) is 1. The largest absolute Gasteiger partial charge is 0.378 e. The zero-order valence-electron chi connectivity index (χ0n) is 11.9. The van der Waals surface area contributed by atoms with Gasteiger partial charge in [0, 0.05) is 19.1 Å². The highest BCUT2D eigenvalue weighted by atomic mass is 35.5. The fourth-order valence-corrected chi connectivity index (χ4v) is 3.37. The molecule has 0 N–H and O–H groups in total. The van der Waals surface area contributed by atoms with Crippen LogP contribution in [0.4, 0.5) is 0 Å². The van der Waals surface area contributed by atoms with E-state index in [0.29, 0.717) is 16.0 Å². The second kappa shape index (κ2) is 5.96. The Morgan fingerprint density at radius 3 is 2.71 bits per heavy atom. The van der Waals surface area contributed by atoms with Crippen LogP contribution >= 0.6 is 34.8 Å². The van der Waals surface area contributed by atoms with E-state index in [9.17, 15) is 0 Å². The summed E-state index contributed by atoms with van der Waals surface area (Å²) in [5, 5.41) is 0.877. The third-order valence-electron chi connectivity index (χ3n) is 4.13. The van der Waals surface area contributed by atoms with Gasteiger partial charge in [-0.05, 0) is 32.4 Å². The summed E-state index contributed by atoms with van der Waals surface area (Å²) in [4.78, 5) is 4.63. The van der Waals surface area contributed by atoms with Crippen molar-refractivity contribution in [2.24, 2.45) is 5.92 Å². The van der Waals surface area contributed by atoms with E-state index in [-0.39, 0.29) is 11.5 Å². The van der Waals surface area contributed by atoms with Gasteiger partial charge in [0.2, 0.25) is 0 Å². The van der Waals surface area contributed by atoms with Gasteiger partial charge in [-0.15, -0.1) is 11.6 Å². The second-order valence-electron chi connectivity index (χ2n) is 5.58. The zero-order chi connectivity index (χ0) is 15.1. The zero-order valence-corrected chi connectivity index (χ0v) is 14.2. The van der Waals surface area contributed by atoms with Crippen molar-refractivity contribution < 1.29 is 4.74 Å². The molecule has 0 spiro atoms. The molecule has 0 radical (unpaired) electrons. The standard InChI is InChI=1S/C15H17Cl3N2O/c1-8(16)15-19-13-5-11(17)12(18)6-14(13)20(15)7-10-3-4-21-9(10)2/h5-6,8-10H,3-4,7H2,1-2H3. The molecule has 3 rings (SSSR count). The highest BCUT2D eigenvalue weighted by Crippen LogP contribution is 2.33. The summed E-state index contributed by atoms with van der Waals surface area (Å²) >= 11 is 18.6. The quantitative estimate of drug-likeness (QED) is 0.725. The van der Waals surface area contributed by atoms with Crippen LogP contribution in [0.2, 0.25) is 10.0 Å². The first-order valence-electron chi connectivity index (χ1n) is 7.08. The van der Waals surface area contributed by atoms with E-state index in [2.05, 4.69) is 16.5 Å². The van der Waals surface area contributed by atoms with Crippen LogP contribution in [0.5, 0.6) is 0 Å². The van der Waals surface area contributed by atoms with Crippen molar-refractivity contribution in [3.63, 3.8) is 0 Å². The number of rotatable bonds is 3. The molecule has 0 saturated carbocycles. The minimum Gasteiger partial charge on any atom is -0.378 e. The van der Waals surface area contributed by atoms with Crippen LogP contribution in [0.25, 0.3) is 11.0 Å². The maximum Gasteiger partial charge on any atom is 0.127 e. The van der Waals surface area contributed by atoms with Crippen LogP contribution < -0.4 is 0 Å². The minimum atomic E-state index is -0.174. The van der Waals surface area contributed by atoms with Crippen LogP contribution in [0, 0.1) is 5.92 Å². The first-order valence-corrected chi connectivity index (χ1v) is 8.27.